The van der Waals surface area contributed by atoms with Gasteiger partial charge in [0, 0.05) is 11.1 Å². The SMILES string of the molecule is C=Cc1ccc(-c2ccc(-c3cc(-c4ccc(-c5ccc(-c6ccc(C(C)(C)C)cc6)cc5)cc4)nc(-c4ccc(-c5ccc(-c6ccc(C(C)(C)C)cc6)cc5)cc4)c3)cc2)cc1. The number of aromatic nitrogens is 1. The number of benzene rings is 8. The van der Waals surface area contributed by atoms with E-state index in [0.717, 1.165) is 39.2 Å². The molecule has 0 saturated heterocycles. The van der Waals surface area contributed by atoms with Gasteiger partial charge in [0.05, 0.1) is 11.4 Å². The van der Waals surface area contributed by atoms with Crippen LogP contribution in [0.3, 0.4) is 0 Å². The van der Waals surface area contributed by atoms with Gasteiger partial charge < -0.3 is 0 Å². The molecule has 1 aromatic heterocycles. The molecule has 0 N–H and O–H groups in total. The van der Waals surface area contributed by atoms with Crippen LogP contribution in [0.5, 0.6) is 0 Å². The van der Waals surface area contributed by atoms with Crippen LogP contribution in [0.2, 0.25) is 0 Å². The molecule has 1 nitrogen and oxygen atoms in total. The highest BCUT2D eigenvalue weighted by Gasteiger charge is 2.15. The Hall–Kier alpha value is -7.35. The summed E-state index contributed by atoms with van der Waals surface area (Å²) in [6, 6.07) is 75.2. The molecule has 0 atom stereocenters. The van der Waals surface area contributed by atoms with Crippen molar-refractivity contribution in [3.05, 3.63) is 230 Å². The van der Waals surface area contributed by atoms with Gasteiger partial charge in [-0.15, -0.1) is 0 Å². The van der Waals surface area contributed by atoms with E-state index in [9.17, 15) is 0 Å². The summed E-state index contributed by atoms with van der Waals surface area (Å²) in [5.74, 6) is 0. The van der Waals surface area contributed by atoms with Gasteiger partial charge in [-0.1, -0.05) is 248 Å². The van der Waals surface area contributed by atoms with E-state index in [0.29, 0.717) is 0 Å². The monoisotopic (exact) mass is 825 g/mol. The van der Waals surface area contributed by atoms with Crippen molar-refractivity contribution in [2.24, 2.45) is 0 Å². The quantitative estimate of drug-likeness (QED) is 0.141. The van der Waals surface area contributed by atoms with Gasteiger partial charge in [0.25, 0.3) is 0 Å². The smallest absolute Gasteiger partial charge is 0.0715 e. The Kier molecular flexibility index (Phi) is 11.4. The Labute approximate surface area is 380 Å². The van der Waals surface area contributed by atoms with Crippen LogP contribution in [0.25, 0.3) is 95.4 Å². The van der Waals surface area contributed by atoms with Crippen LogP contribution in [-0.4, -0.2) is 4.98 Å². The average molecular weight is 826 g/mol. The van der Waals surface area contributed by atoms with Crippen molar-refractivity contribution in [3.8, 4) is 89.3 Å². The summed E-state index contributed by atoms with van der Waals surface area (Å²) in [5, 5.41) is 0. The minimum Gasteiger partial charge on any atom is -0.248 e. The van der Waals surface area contributed by atoms with E-state index in [4.69, 9.17) is 4.98 Å². The van der Waals surface area contributed by atoms with E-state index >= 15 is 0 Å². The van der Waals surface area contributed by atoms with Gasteiger partial charge in [-0.2, -0.15) is 0 Å². The summed E-state index contributed by atoms with van der Waals surface area (Å²) in [6.45, 7) is 17.4. The van der Waals surface area contributed by atoms with E-state index in [1.54, 1.807) is 0 Å². The Morgan fingerprint density at radius 2 is 0.484 bits per heavy atom. The number of pyridine rings is 1. The lowest BCUT2D eigenvalue weighted by Crippen LogP contribution is -2.10. The minimum absolute atomic E-state index is 0.137. The van der Waals surface area contributed by atoms with Gasteiger partial charge in [0.2, 0.25) is 0 Å². The molecule has 0 fully saturated rings. The molecule has 312 valence electrons. The molecule has 9 rings (SSSR count). The number of nitrogens with zero attached hydrogens (tertiary/aromatic N) is 1. The van der Waals surface area contributed by atoms with Gasteiger partial charge in [0.1, 0.15) is 0 Å². The first-order valence-electron chi connectivity index (χ1n) is 22.4. The zero-order valence-electron chi connectivity index (χ0n) is 37.9. The van der Waals surface area contributed by atoms with Crippen molar-refractivity contribution in [2.75, 3.05) is 0 Å². The molecule has 0 amide bonds. The molecule has 0 radical (unpaired) electrons. The third-order valence-electron chi connectivity index (χ3n) is 12.5. The van der Waals surface area contributed by atoms with Crippen molar-refractivity contribution in [2.45, 2.75) is 52.4 Å². The number of rotatable bonds is 9. The number of hydrogen-bond donors (Lipinski definition) is 0. The lowest BCUT2D eigenvalue weighted by atomic mass is 9.86. The third kappa shape index (κ3) is 9.22. The maximum absolute atomic E-state index is 5.31. The third-order valence-corrected chi connectivity index (χ3v) is 12.5. The van der Waals surface area contributed by atoms with Crippen molar-refractivity contribution >= 4 is 6.08 Å². The fraction of sp³-hybridized carbons (Fsp3) is 0.127. The molecule has 9 aromatic rings. The molecule has 0 bridgehead atoms. The molecule has 1 heteroatoms. The molecular formula is C63H55N. The first-order chi connectivity index (χ1) is 30.9. The molecule has 0 aliphatic rings. The second-order valence-corrected chi connectivity index (χ2v) is 19.0. The largest absolute Gasteiger partial charge is 0.248 e. The highest BCUT2D eigenvalue weighted by Crippen LogP contribution is 2.35. The van der Waals surface area contributed by atoms with E-state index in [2.05, 4.69) is 254 Å². The summed E-state index contributed by atoms with van der Waals surface area (Å²) in [7, 11) is 0. The molecule has 1 heterocycles. The van der Waals surface area contributed by atoms with E-state index in [-0.39, 0.29) is 10.8 Å². The molecule has 8 aromatic carbocycles. The maximum atomic E-state index is 5.31. The van der Waals surface area contributed by atoms with Crippen LogP contribution in [0.15, 0.2) is 213 Å². The number of hydrogen-bond acceptors (Lipinski definition) is 1. The first-order valence-corrected chi connectivity index (χ1v) is 22.4. The fourth-order valence-corrected chi connectivity index (χ4v) is 8.36. The lowest BCUT2D eigenvalue weighted by Gasteiger charge is -2.19. The Bertz CT molecular complexity index is 2850. The normalized spacial score (nSPS) is 11.7. The van der Waals surface area contributed by atoms with E-state index in [1.165, 1.54) is 66.8 Å². The van der Waals surface area contributed by atoms with Crippen molar-refractivity contribution in [3.63, 3.8) is 0 Å². The van der Waals surface area contributed by atoms with Gasteiger partial charge in [-0.05, 0) is 106 Å². The summed E-state index contributed by atoms with van der Waals surface area (Å²) >= 11 is 0. The molecule has 0 unspecified atom stereocenters. The Balaban J connectivity index is 1.00. The van der Waals surface area contributed by atoms with Gasteiger partial charge >= 0.3 is 0 Å². The predicted molar refractivity (Wildman–Crippen MR) is 275 cm³/mol. The van der Waals surface area contributed by atoms with Gasteiger partial charge in [-0.25, -0.2) is 4.98 Å². The molecule has 0 saturated carbocycles. The predicted octanol–water partition coefficient (Wildman–Crippen LogP) is 17.7. The standard InChI is InChI=1S/C63H55N/c1-8-43-9-11-44(12-10-43)45-21-23-54(24-22-45)57-41-60(55-29-25-50(26-30-55)46-13-17-48(18-14-46)52-33-37-58(38-34-52)62(2,3)4)64-61(42-57)56-31-27-51(28-32-56)47-15-19-49(20-16-47)53-35-39-59(40-36-53)63(5,6)7/h8-42H,1H2,2-7H3. The van der Waals surface area contributed by atoms with Crippen LogP contribution in [0.1, 0.15) is 58.2 Å². The summed E-state index contributed by atoms with van der Waals surface area (Å²) in [6.07, 6.45) is 1.88. The Morgan fingerprint density at radius 1 is 0.281 bits per heavy atom. The van der Waals surface area contributed by atoms with Crippen molar-refractivity contribution < 1.29 is 0 Å². The minimum atomic E-state index is 0.137. The average Bonchev–Trinajstić information content (AvgIpc) is 3.34. The van der Waals surface area contributed by atoms with E-state index < -0.39 is 0 Å². The van der Waals surface area contributed by atoms with Crippen LogP contribution < -0.4 is 0 Å². The zero-order valence-corrected chi connectivity index (χ0v) is 37.9. The molecule has 0 aliphatic heterocycles. The van der Waals surface area contributed by atoms with Gasteiger partial charge in [0.15, 0.2) is 0 Å². The molecule has 0 aliphatic carbocycles. The lowest BCUT2D eigenvalue weighted by molar-refractivity contribution is 0.590. The summed E-state index contributed by atoms with van der Waals surface area (Å²) in [4.78, 5) is 5.31. The molecular weight excluding hydrogens is 771 g/mol. The highest BCUT2D eigenvalue weighted by molar-refractivity contribution is 5.81. The Morgan fingerprint density at radius 3 is 0.719 bits per heavy atom. The second-order valence-electron chi connectivity index (χ2n) is 19.0. The zero-order chi connectivity index (χ0) is 44.4. The van der Waals surface area contributed by atoms with Gasteiger partial charge in [-0.3, -0.25) is 0 Å². The van der Waals surface area contributed by atoms with Crippen LogP contribution in [0.4, 0.5) is 0 Å². The molecule has 0 spiro atoms. The van der Waals surface area contributed by atoms with E-state index in [1.807, 2.05) is 6.08 Å². The topological polar surface area (TPSA) is 12.9 Å². The fourth-order valence-electron chi connectivity index (χ4n) is 8.36. The second kappa shape index (κ2) is 17.4. The van der Waals surface area contributed by atoms with Crippen LogP contribution in [-0.2, 0) is 10.8 Å². The maximum Gasteiger partial charge on any atom is 0.0715 e. The molecule has 64 heavy (non-hydrogen) atoms. The summed E-state index contributed by atoms with van der Waals surface area (Å²) < 4.78 is 0. The van der Waals surface area contributed by atoms with Crippen molar-refractivity contribution in [1.82, 2.24) is 4.98 Å². The van der Waals surface area contributed by atoms with Crippen molar-refractivity contribution in [1.29, 1.82) is 0 Å². The summed E-state index contributed by atoms with van der Waals surface area (Å²) in [5.41, 5.74) is 22.4. The first kappa shape index (κ1) is 42.0. The van der Waals surface area contributed by atoms with Crippen LogP contribution in [0, 0.1) is 0 Å². The highest BCUT2D eigenvalue weighted by atomic mass is 14.7. The van der Waals surface area contributed by atoms with Crippen LogP contribution >= 0.6 is 0 Å².